The van der Waals surface area contributed by atoms with Crippen LogP contribution in [0.1, 0.15) is 55.3 Å². The molecule has 1 aromatic rings. The molecule has 0 unspecified atom stereocenters. The minimum Gasteiger partial charge on any atom is -0.345 e. The van der Waals surface area contributed by atoms with Crippen LogP contribution in [0.5, 0.6) is 0 Å². The molecule has 0 aromatic heterocycles. The Morgan fingerprint density at radius 2 is 1.75 bits per heavy atom. The highest BCUT2D eigenvalue weighted by molar-refractivity contribution is 5.96. The Kier molecular flexibility index (Phi) is 7.90. The molecule has 3 rings (SSSR count). The fourth-order valence-electron chi connectivity index (χ4n) is 4.67. The molecular weight excluding hydrogens is 404 g/mol. The van der Waals surface area contributed by atoms with Crippen molar-refractivity contribution >= 4 is 29.9 Å². The van der Waals surface area contributed by atoms with Crippen LogP contribution in [0.4, 0.5) is 11.4 Å². The van der Waals surface area contributed by atoms with Crippen LogP contribution in [-0.4, -0.2) is 74.6 Å². The van der Waals surface area contributed by atoms with Gasteiger partial charge in [0.1, 0.15) is 0 Å². The minimum atomic E-state index is -0.405. The summed E-state index contributed by atoms with van der Waals surface area (Å²) in [4.78, 5) is 32.5. The van der Waals surface area contributed by atoms with E-state index >= 15 is 0 Å². The number of carbonyl (C=O) groups is 2. The molecule has 0 radical (unpaired) electrons. The van der Waals surface area contributed by atoms with Crippen LogP contribution in [-0.2, 0) is 4.79 Å². The monoisotopic (exact) mass is 442 g/mol. The highest BCUT2D eigenvalue weighted by atomic mass is 16.2. The number of hydrazine groups is 1. The Morgan fingerprint density at radius 3 is 2.28 bits per heavy atom. The Labute approximate surface area is 191 Å². The van der Waals surface area contributed by atoms with Crippen LogP contribution in [0.15, 0.2) is 23.2 Å². The summed E-state index contributed by atoms with van der Waals surface area (Å²) in [5.74, 6) is 0.261. The van der Waals surface area contributed by atoms with E-state index in [2.05, 4.69) is 17.1 Å². The predicted octanol–water partition coefficient (Wildman–Crippen LogP) is 2.56. The van der Waals surface area contributed by atoms with Gasteiger partial charge in [-0.3, -0.25) is 14.6 Å². The maximum Gasteiger partial charge on any atom is 0.253 e. The van der Waals surface area contributed by atoms with Crippen LogP contribution < -0.4 is 16.2 Å². The Morgan fingerprint density at radius 1 is 1.09 bits per heavy atom. The number of likely N-dealkylation sites (N-methyl/N-ethyl adjacent to an activating group) is 1. The van der Waals surface area contributed by atoms with Crippen LogP contribution in [0.2, 0.25) is 0 Å². The summed E-state index contributed by atoms with van der Waals surface area (Å²) in [5, 5.41) is 1.95. The largest absolute Gasteiger partial charge is 0.345 e. The number of nitrogens with one attached hydrogen (secondary N) is 1. The maximum absolute atomic E-state index is 12.7. The van der Waals surface area contributed by atoms with Gasteiger partial charge in [0.25, 0.3) is 5.91 Å². The molecule has 2 aliphatic carbocycles. The number of hydrogen-bond acceptors (Lipinski definition) is 6. The normalized spacial score (nSPS) is 21.9. The smallest absolute Gasteiger partial charge is 0.253 e. The van der Waals surface area contributed by atoms with E-state index in [1.807, 2.05) is 36.1 Å². The lowest BCUT2D eigenvalue weighted by Gasteiger charge is -2.39. The van der Waals surface area contributed by atoms with Gasteiger partial charge in [0, 0.05) is 45.8 Å². The molecule has 0 aliphatic heterocycles. The summed E-state index contributed by atoms with van der Waals surface area (Å²) in [7, 11) is 7.31. The second kappa shape index (κ2) is 10.4. The Balaban J connectivity index is 1.55. The van der Waals surface area contributed by atoms with E-state index in [0.29, 0.717) is 23.3 Å². The first-order chi connectivity index (χ1) is 15.2. The first-order valence-electron chi connectivity index (χ1n) is 11.6. The van der Waals surface area contributed by atoms with E-state index in [4.69, 9.17) is 5.73 Å². The number of hydrogen-bond donors (Lipinski definition) is 2. The Hall–Kier alpha value is -2.45. The molecule has 3 N–H and O–H groups in total. The minimum absolute atomic E-state index is 0.0655. The van der Waals surface area contributed by atoms with Crippen molar-refractivity contribution in [3.8, 4) is 0 Å². The summed E-state index contributed by atoms with van der Waals surface area (Å²) in [6.07, 6.45) is 7.18. The van der Waals surface area contributed by atoms with Crippen LogP contribution in [0.25, 0.3) is 0 Å². The third-order valence-electron chi connectivity index (χ3n) is 7.07. The van der Waals surface area contributed by atoms with Gasteiger partial charge < -0.3 is 20.5 Å². The van der Waals surface area contributed by atoms with Crippen molar-refractivity contribution in [1.82, 2.24) is 15.2 Å². The summed E-state index contributed by atoms with van der Waals surface area (Å²) < 4.78 is 0. The molecule has 176 valence electrons. The molecule has 0 bridgehead atoms. The molecule has 8 nitrogen and oxygen atoms in total. The third-order valence-corrected chi connectivity index (χ3v) is 7.07. The lowest BCUT2D eigenvalue weighted by Crippen LogP contribution is -2.53. The highest BCUT2D eigenvalue weighted by Crippen LogP contribution is 2.32. The molecule has 1 aromatic carbocycles. The first-order valence-corrected chi connectivity index (χ1v) is 11.6. The van der Waals surface area contributed by atoms with Crippen molar-refractivity contribution in [3.63, 3.8) is 0 Å². The quantitative estimate of drug-likeness (QED) is 0.477. The average Bonchev–Trinajstić information content (AvgIpc) is 2.76. The maximum atomic E-state index is 12.7. The van der Waals surface area contributed by atoms with Crippen LogP contribution >= 0.6 is 0 Å². The van der Waals surface area contributed by atoms with Gasteiger partial charge in [0.2, 0.25) is 5.91 Å². The molecule has 0 saturated heterocycles. The van der Waals surface area contributed by atoms with Gasteiger partial charge in [0.15, 0.2) is 0 Å². The van der Waals surface area contributed by atoms with E-state index in [9.17, 15) is 9.59 Å². The second-order valence-electron chi connectivity index (χ2n) is 9.42. The van der Waals surface area contributed by atoms with E-state index in [-0.39, 0.29) is 17.7 Å². The number of carbonyl (C=O) groups excluding carboxylic acids is 2. The zero-order chi connectivity index (χ0) is 23.4. The third kappa shape index (κ3) is 5.30. The van der Waals surface area contributed by atoms with E-state index in [1.54, 1.807) is 25.1 Å². The predicted molar refractivity (Wildman–Crippen MR) is 129 cm³/mol. The van der Waals surface area contributed by atoms with Crippen molar-refractivity contribution in [2.45, 2.75) is 63.1 Å². The van der Waals surface area contributed by atoms with Crippen LogP contribution in [0, 0.1) is 5.92 Å². The number of nitrogens with two attached hydrogens (primary N) is 1. The molecule has 0 heterocycles. The lowest BCUT2D eigenvalue weighted by molar-refractivity contribution is -0.136. The number of rotatable bonds is 8. The van der Waals surface area contributed by atoms with Gasteiger partial charge in [-0.05, 0) is 75.8 Å². The fraction of sp³-hybridized carbons (Fsp3) is 0.625. The average molecular weight is 443 g/mol. The van der Waals surface area contributed by atoms with Crippen molar-refractivity contribution in [1.29, 1.82) is 0 Å². The molecule has 2 fully saturated rings. The van der Waals surface area contributed by atoms with E-state index in [0.717, 1.165) is 44.2 Å². The zero-order valence-electron chi connectivity index (χ0n) is 19.9. The SMILES string of the molecule is C=Nc1cc(C(=O)N(C)C)ccc1N(C)NC1CCC([C@H](N)C(=O)N(C)C2CCC2)CC1. The van der Waals surface area contributed by atoms with E-state index < -0.39 is 6.04 Å². The number of amides is 2. The van der Waals surface area contributed by atoms with Crippen molar-refractivity contribution < 1.29 is 9.59 Å². The Bertz CT molecular complexity index is 830. The van der Waals surface area contributed by atoms with Gasteiger partial charge >= 0.3 is 0 Å². The summed E-state index contributed by atoms with van der Waals surface area (Å²) >= 11 is 0. The lowest BCUT2D eigenvalue weighted by atomic mass is 9.81. The summed E-state index contributed by atoms with van der Waals surface area (Å²) in [6, 6.07) is 5.74. The number of anilines is 1. The van der Waals surface area contributed by atoms with Gasteiger partial charge in [-0.15, -0.1) is 0 Å². The van der Waals surface area contributed by atoms with Crippen molar-refractivity contribution in [2.75, 3.05) is 33.2 Å². The molecule has 32 heavy (non-hydrogen) atoms. The zero-order valence-corrected chi connectivity index (χ0v) is 19.9. The fourth-order valence-corrected chi connectivity index (χ4v) is 4.67. The molecule has 2 saturated carbocycles. The number of nitrogens with zero attached hydrogens (tertiary/aromatic N) is 4. The number of aliphatic imine (C=N–C) groups is 1. The summed E-state index contributed by atoms with van der Waals surface area (Å²) in [6.45, 7) is 3.67. The molecule has 1 atom stereocenters. The van der Waals surface area contributed by atoms with Crippen LogP contribution in [0.3, 0.4) is 0 Å². The van der Waals surface area contributed by atoms with E-state index in [1.165, 1.54) is 6.42 Å². The second-order valence-corrected chi connectivity index (χ2v) is 9.42. The van der Waals surface area contributed by atoms with Gasteiger partial charge in [-0.2, -0.15) is 0 Å². The molecule has 2 amide bonds. The molecule has 2 aliphatic rings. The topological polar surface area (TPSA) is 94.3 Å². The first kappa shape index (κ1) is 24.2. The van der Waals surface area contributed by atoms with Gasteiger partial charge in [-0.25, -0.2) is 5.43 Å². The van der Waals surface area contributed by atoms with Gasteiger partial charge in [0.05, 0.1) is 17.4 Å². The number of benzene rings is 1. The van der Waals surface area contributed by atoms with Crippen molar-refractivity contribution in [2.24, 2.45) is 16.6 Å². The van der Waals surface area contributed by atoms with Crippen molar-refractivity contribution in [3.05, 3.63) is 23.8 Å². The highest BCUT2D eigenvalue weighted by Gasteiger charge is 2.34. The van der Waals surface area contributed by atoms with Gasteiger partial charge in [-0.1, -0.05) is 0 Å². The molecular formula is C24H38N6O2. The summed E-state index contributed by atoms with van der Waals surface area (Å²) in [5.41, 5.74) is 12.0. The standard InChI is InChI=1S/C24H38N6O2/c1-26-20-15-17(23(31)28(2)3)11-14-21(20)30(5)27-18-12-9-16(10-13-18)22(25)24(32)29(4)19-7-6-8-19/h11,14-16,18-19,22,27H,1,6-10,12-13,25H2,2-5H3/t16?,18?,22-/m0/s1. The molecule has 0 spiro atoms. The molecule has 8 heteroatoms.